The number of aliphatic hydroxyl groups excluding tert-OH is 1. The maximum Gasteiger partial charge on any atom is 0.387 e. The van der Waals surface area contributed by atoms with Crippen molar-refractivity contribution in [1.82, 2.24) is 4.90 Å². The molecule has 3 atom stereocenters. The third kappa shape index (κ3) is 2.81. The predicted molar refractivity (Wildman–Crippen MR) is 82.1 cm³/mol. The van der Waals surface area contributed by atoms with Crippen molar-refractivity contribution in [2.75, 3.05) is 20.7 Å². The number of rotatable bonds is 4. The van der Waals surface area contributed by atoms with Crippen molar-refractivity contribution < 1.29 is 23.4 Å². The van der Waals surface area contributed by atoms with Crippen LogP contribution in [0.1, 0.15) is 18.4 Å². The number of alkyl halides is 2. The first kappa shape index (κ1) is 16.2. The van der Waals surface area contributed by atoms with Crippen LogP contribution in [0.15, 0.2) is 30.4 Å². The monoisotopic (exact) mass is 325 g/mol. The van der Waals surface area contributed by atoms with Crippen LogP contribution in [0, 0.1) is 0 Å². The van der Waals surface area contributed by atoms with E-state index < -0.39 is 12.7 Å². The summed E-state index contributed by atoms with van der Waals surface area (Å²) in [7, 11) is 3.48. The topological polar surface area (TPSA) is 41.9 Å². The molecular weight excluding hydrogens is 304 g/mol. The van der Waals surface area contributed by atoms with E-state index in [1.54, 1.807) is 6.07 Å². The van der Waals surface area contributed by atoms with Crippen LogP contribution < -0.4 is 9.47 Å². The van der Waals surface area contributed by atoms with Crippen LogP contribution in [0.2, 0.25) is 0 Å². The SMILES string of the molecule is COc1cc([C@@]23C=C[C@@H](O)C[C@@H]2N(C)CC3)ccc1OC(F)F. The molecule has 4 nitrogen and oxygen atoms in total. The van der Waals surface area contributed by atoms with Crippen LogP contribution in [0.4, 0.5) is 8.78 Å². The summed E-state index contributed by atoms with van der Waals surface area (Å²) < 4.78 is 34.7. The Labute approximate surface area is 134 Å². The Morgan fingerprint density at radius 3 is 2.83 bits per heavy atom. The van der Waals surface area contributed by atoms with Crippen LogP contribution in [0.5, 0.6) is 11.5 Å². The van der Waals surface area contributed by atoms with Gasteiger partial charge in [0.15, 0.2) is 11.5 Å². The van der Waals surface area contributed by atoms with Crippen LogP contribution in [-0.4, -0.2) is 49.5 Å². The minimum Gasteiger partial charge on any atom is -0.493 e. The van der Waals surface area contributed by atoms with Gasteiger partial charge in [0.25, 0.3) is 0 Å². The molecule has 1 N–H and O–H groups in total. The number of ether oxygens (including phenoxy) is 2. The third-order valence-corrected chi connectivity index (χ3v) is 5.00. The number of likely N-dealkylation sites (N-methyl/N-ethyl adjacent to an activating group) is 1. The Bertz CT molecular complexity index is 608. The Balaban J connectivity index is 2.01. The zero-order valence-corrected chi connectivity index (χ0v) is 13.2. The van der Waals surface area contributed by atoms with E-state index in [1.807, 2.05) is 19.2 Å². The van der Waals surface area contributed by atoms with Gasteiger partial charge in [-0.25, -0.2) is 0 Å². The molecule has 0 radical (unpaired) electrons. The van der Waals surface area contributed by atoms with Gasteiger partial charge in [0.2, 0.25) is 0 Å². The fraction of sp³-hybridized carbons (Fsp3) is 0.529. The summed E-state index contributed by atoms with van der Waals surface area (Å²) in [6.07, 6.45) is 5.00. The van der Waals surface area contributed by atoms with Crippen molar-refractivity contribution in [2.24, 2.45) is 0 Å². The molecule has 23 heavy (non-hydrogen) atoms. The van der Waals surface area contributed by atoms with Gasteiger partial charge in [0.05, 0.1) is 13.2 Å². The number of hydrogen-bond donors (Lipinski definition) is 1. The Morgan fingerprint density at radius 2 is 2.13 bits per heavy atom. The van der Waals surface area contributed by atoms with Gasteiger partial charge in [0, 0.05) is 11.5 Å². The molecule has 6 heteroatoms. The van der Waals surface area contributed by atoms with Gasteiger partial charge in [-0.2, -0.15) is 8.78 Å². The summed E-state index contributed by atoms with van der Waals surface area (Å²) in [4.78, 5) is 2.24. The zero-order valence-electron chi connectivity index (χ0n) is 13.2. The van der Waals surface area contributed by atoms with Gasteiger partial charge in [-0.3, -0.25) is 0 Å². The van der Waals surface area contributed by atoms with Crippen LogP contribution in [0.3, 0.4) is 0 Å². The molecule has 0 bridgehead atoms. The van der Waals surface area contributed by atoms with Crippen molar-refractivity contribution in [1.29, 1.82) is 0 Å². The quantitative estimate of drug-likeness (QED) is 0.864. The molecule has 3 rings (SSSR count). The van der Waals surface area contributed by atoms with E-state index in [2.05, 4.69) is 15.7 Å². The summed E-state index contributed by atoms with van der Waals surface area (Å²) in [6.45, 7) is -1.97. The lowest BCUT2D eigenvalue weighted by Gasteiger charge is -2.39. The lowest BCUT2D eigenvalue weighted by molar-refractivity contribution is -0.0512. The van der Waals surface area contributed by atoms with Crippen molar-refractivity contribution in [2.45, 2.75) is 37.0 Å². The average Bonchev–Trinajstić information content (AvgIpc) is 2.85. The highest BCUT2D eigenvalue weighted by Crippen LogP contribution is 2.47. The smallest absolute Gasteiger partial charge is 0.387 e. The molecule has 0 saturated carbocycles. The number of nitrogens with zero attached hydrogens (tertiary/aromatic N) is 1. The van der Waals surface area contributed by atoms with E-state index in [-0.39, 0.29) is 17.2 Å². The molecule has 0 spiro atoms. The first-order valence-electron chi connectivity index (χ1n) is 7.67. The lowest BCUT2D eigenvalue weighted by Crippen LogP contribution is -2.44. The van der Waals surface area contributed by atoms with Crippen molar-refractivity contribution in [3.8, 4) is 11.5 Å². The third-order valence-electron chi connectivity index (χ3n) is 5.00. The maximum atomic E-state index is 12.5. The minimum absolute atomic E-state index is 0.0328. The largest absolute Gasteiger partial charge is 0.493 e. The molecule has 2 aliphatic rings. The number of halogens is 2. The number of likely N-dealkylation sites (tertiary alicyclic amines) is 1. The minimum atomic E-state index is -2.89. The molecule has 1 aliphatic carbocycles. The van der Waals surface area contributed by atoms with Crippen molar-refractivity contribution in [3.05, 3.63) is 35.9 Å². The average molecular weight is 325 g/mol. The van der Waals surface area contributed by atoms with Crippen molar-refractivity contribution in [3.63, 3.8) is 0 Å². The maximum absolute atomic E-state index is 12.5. The molecule has 0 amide bonds. The van der Waals surface area contributed by atoms with E-state index in [0.717, 1.165) is 18.5 Å². The summed E-state index contributed by atoms with van der Waals surface area (Å²) in [5, 5.41) is 9.94. The Morgan fingerprint density at radius 1 is 1.35 bits per heavy atom. The molecular formula is C17H21F2NO3. The molecule has 1 saturated heterocycles. The Kier molecular flexibility index (Phi) is 4.29. The molecule has 1 aromatic carbocycles. The van der Waals surface area contributed by atoms with Crippen LogP contribution in [-0.2, 0) is 5.41 Å². The first-order chi connectivity index (χ1) is 11.0. The van der Waals surface area contributed by atoms with E-state index in [9.17, 15) is 13.9 Å². The predicted octanol–water partition coefficient (Wildman–Crippen LogP) is 2.56. The summed E-state index contributed by atoms with van der Waals surface area (Å²) >= 11 is 0. The van der Waals surface area contributed by atoms with Gasteiger partial charge in [-0.05, 0) is 44.1 Å². The van der Waals surface area contributed by atoms with Gasteiger partial charge in [-0.15, -0.1) is 0 Å². The first-order valence-corrected chi connectivity index (χ1v) is 7.67. The fourth-order valence-electron chi connectivity index (χ4n) is 3.84. The Hall–Kier alpha value is -1.66. The number of methoxy groups -OCH3 is 1. The second kappa shape index (κ2) is 6.09. The molecule has 1 aliphatic heterocycles. The fourth-order valence-corrected chi connectivity index (χ4v) is 3.84. The molecule has 1 heterocycles. The molecule has 126 valence electrons. The highest BCUT2D eigenvalue weighted by atomic mass is 19.3. The second-order valence-corrected chi connectivity index (χ2v) is 6.19. The summed E-state index contributed by atoms with van der Waals surface area (Å²) in [5.74, 6) is 0.329. The molecule has 1 aromatic rings. The standard InChI is InChI=1S/C17H21F2NO3/c1-20-8-7-17(6-5-12(21)10-15(17)20)11-3-4-13(23-16(18)19)14(9-11)22-2/h3-6,9,12,15-16,21H,7-8,10H2,1-2H3/t12-,15+,17+/m1/s1. The highest BCUT2D eigenvalue weighted by Gasteiger charge is 2.48. The number of fused-ring (bicyclic) bond motifs is 1. The number of hydrogen-bond acceptors (Lipinski definition) is 4. The van der Waals surface area contributed by atoms with Crippen LogP contribution in [0.25, 0.3) is 0 Å². The summed E-state index contributed by atoms with van der Waals surface area (Å²) in [5.41, 5.74) is 0.762. The number of aliphatic hydroxyl groups is 1. The van der Waals surface area contributed by atoms with Gasteiger partial charge >= 0.3 is 6.61 Å². The van der Waals surface area contributed by atoms with E-state index >= 15 is 0 Å². The van der Waals surface area contributed by atoms with E-state index in [0.29, 0.717) is 12.2 Å². The molecule has 1 fully saturated rings. The molecule has 0 aromatic heterocycles. The zero-order chi connectivity index (χ0) is 16.6. The lowest BCUT2D eigenvalue weighted by atomic mass is 9.69. The van der Waals surface area contributed by atoms with Gasteiger partial charge < -0.3 is 19.5 Å². The normalized spacial score (nSPS) is 30.5. The highest BCUT2D eigenvalue weighted by molar-refractivity contribution is 5.48. The summed E-state index contributed by atoms with van der Waals surface area (Å²) in [6, 6.07) is 5.29. The second-order valence-electron chi connectivity index (χ2n) is 6.19. The van der Waals surface area contributed by atoms with E-state index in [4.69, 9.17) is 4.74 Å². The molecule has 0 unspecified atom stereocenters. The van der Waals surface area contributed by atoms with Crippen molar-refractivity contribution >= 4 is 0 Å². The van der Waals surface area contributed by atoms with Gasteiger partial charge in [0.1, 0.15) is 0 Å². The van der Waals surface area contributed by atoms with Gasteiger partial charge in [-0.1, -0.05) is 18.2 Å². The van der Waals surface area contributed by atoms with Crippen LogP contribution >= 0.6 is 0 Å². The number of benzene rings is 1. The van der Waals surface area contributed by atoms with E-state index in [1.165, 1.54) is 13.2 Å².